The largest absolute Gasteiger partial charge is 0.489 e. The fourth-order valence-electron chi connectivity index (χ4n) is 2.10. The molecule has 2 aromatic rings. The molecule has 0 aliphatic rings. The lowest BCUT2D eigenvalue weighted by atomic mass is 10.2. The van der Waals surface area contributed by atoms with Crippen LogP contribution in [-0.2, 0) is 4.74 Å². The molecule has 0 fully saturated rings. The Morgan fingerprint density at radius 2 is 2.15 bits per heavy atom. The van der Waals surface area contributed by atoms with Crippen LogP contribution >= 0.6 is 0 Å². The summed E-state index contributed by atoms with van der Waals surface area (Å²) >= 11 is 0. The number of alkyl carbamates (subject to hydrolysis) is 1. The molecule has 8 heteroatoms. The topological polar surface area (TPSA) is 85.6 Å². The molecule has 0 aliphatic heterocycles. The average molecular weight is 379 g/mol. The van der Waals surface area contributed by atoms with Gasteiger partial charge in [-0.2, -0.15) is 4.98 Å². The van der Waals surface area contributed by atoms with Gasteiger partial charge < -0.3 is 24.5 Å². The number of carbonyl (C=O) groups is 1. The van der Waals surface area contributed by atoms with E-state index in [9.17, 15) is 9.18 Å². The number of benzene rings is 1. The smallest absolute Gasteiger partial charge is 0.407 e. The average Bonchev–Trinajstić information content (AvgIpc) is 3.00. The molecule has 27 heavy (non-hydrogen) atoms. The highest BCUT2D eigenvalue weighted by atomic mass is 19.1. The van der Waals surface area contributed by atoms with Crippen LogP contribution in [0.4, 0.5) is 15.2 Å². The number of carbonyl (C=O) groups excluding carboxylic acids is 1. The van der Waals surface area contributed by atoms with E-state index in [0.29, 0.717) is 29.2 Å². The Morgan fingerprint density at radius 3 is 2.81 bits per heavy atom. The van der Waals surface area contributed by atoms with Gasteiger partial charge in [-0.05, 0) is 39.3 Å². The maximum absolute atomic E-state index is 13.1. The minimum atomic E-state index is -0.614. The molecule has 0 bridgehead atoms. The number of oxazole rings is 1. The van der Waals surface area contributed by atoms with Gasteiger partial charge in [-0.15, -0.1) is 0 Å². The maximum atomic E-state index is 13.1. The lowest BCUT2D eigenvalue weighted by Crippen LogP contribution is -2.34. The molecular formula is C19H26FN3O4. The van der Waals surface area contributed by atoms with Gasteiger partial charge in [0.25, 0.3) is 6.01 Å². The Morgan fingerprint density at radius 1 is 1.37 bits per heavy atom. The zero-order valence-electron chi connectivity index (χ0n) is 16.1. The number of hydrogen-bond acceptors (Lipinski definition) is 6. The monoisotopic (exact) mass is 379 g/mol. The number of nitrogens with zero attached hydrogens (tertiary/aromatic N) is 1. The van der Waals surface area contributed by atoms with Gasteiger partial charge in [0.1, 0.15) is 23.5 Å². The standard InChI is InChI=1S/C19H26FN3O4/c1-5-8-21-17-23-15-7-6-14(9-16(15)26-17)25-12-13(10-20)11-22-18(24)27-19(2,3)4/h6-7,9-10H,5,8,11-12H2,1-4H3,(H,21,23)(H,22,24). The number of halogens is 1. The van der Waals surface area contributed by atoms with Crippen molar-refractivity contribution >= 4 is 23.2 Å². The van der Waals surface area contributed by atoms with Gasteiger partial charge in [0.2, 0.25) is 0 Å². The van der Waals surface area contributed by atoms with Gasteiger partial charge in [-0.3, -0.25) is 0 Å². The van der Waals surface area contributed by atoms with Gasteiger partial charge >= 0.3 is 6.09 Å². The highest BCUT2D eigenvalue weighted by Crippen LogP contribution is 2.24. The molecule has 7 nitrogen and oxygen atoms in total. The van der Waals surface area contributed by atoms with Crippen LogP contribution in [0.2, 0.25) is 0 Å². The third-order valence-electron chi connectivity index (χ3n) is 3.32. The van der Waals surface area contributed by atoms with E-state index in [1.807, 2.05) is 0 Å². The van der Waals surface area contributed by atoms with Crippen molar-refractivity contribution in [3.63, 3.8) is 0 Å². The number of rotatable bonds is 8. The van der Waals surface area contributed by atoms with Crippen molar-refractivity contribution in [1.82, 2.24) is 10.3 Å². The Labute approximate surface area is 157 Å². The van der Waals surface area contributed by atoms with E-state index in [4.69, 9.17) is 13.9 Å². The summed E-state index contributed by atoms with van der Waals surface area (Å²) in [5.41, 5.74) is 0.929. The third-order valence-corrected chi connectivity index (χ3v) is 3.32. The van der Waals surface area contributed by atoms with Crippen molar-refractivity contribution in [2.45, 2.75) is 39.7 Å². The van der Waals surface area contributed by atoms with Crippen LogP contribution in [-0.4, -0.2) is 36.4 Å². The van der Waals surface area contributed by atoms with Crippen molar-refractivity contribution in [2.24, 2.45) is 0 Å². The maximum Gasteiger partial charge on any atom is 0.407 e. The summed E-state index contributed by atoms with van der Waals surface area (Å²) in [6.45, 7) is 8.05. The second-order valence-corrected chi connectivity index (χ2v) is 6.99. The van der Waals surface area contributed by atoms with Crippen LogP contribution in [0.3, 0.4) is 0 Å². The minimum absolute atomic E-state index is 0.0128. The molecule has 2 rings (SSSR count). The van der Waals surface area contributed by atoms with Crippen molar-refractivity contribution in [3.05, 3.63) is 30.1 Å². The fourth-order valence-corrected chi connectivity index (χ4v) is 2.10. The SMILES string of the molecule is CCCNc1nc2ccc(OCC(=CF)CNC(=O)OC(C)(C)C)cc2o1. The van der Waals surface area contributed by atoms with E-state index in [2.05, 4.69) is 22.5 Å². The summed E-state index contributed by atoms with van der Waals surface area (Å²) in [4.78, 5) is 15.9. The molecule has 0 atom stereocenters. The lowest BCUT2D eigenvalue weighted by Gasteiger charge is -2.20. The predicted molar refractivity (Wildman–Crippen MR) is 102 cm³/mol. The second-order valence-electron chi connectivity index (χ2n) is 6.99. The quantitative estimate of drug-likeness (QED) is 0.707. The number of anilines is 1. The first-order chi connectivity index (χ1) is 12.8. The van der Waals surface area contributed by atoms with Gasteiger partial charge in [0, 0.05) is 24.7 Å². The molecule has 2 N–H and O–H groups in total. The van der Waals surface area contributed by atoms with Crippen LogP contribution in [0.5, 0.6) is 5.75 Å². The highest BCUT2D eigenvalue weighted by molar-refractivity contribution is 5.76. The number of hydrogen-bond donors (Lipinski definition) is 2. The molecule has 0 saturated heterocycles. The summed E-state index contributed by atoms with van der Waals surface area (Å²) in [5.74, 6) is 0.511. The normalized spacial score (nSPS) is 12.1. The molecule has 0 aliphatic carbocycles. The number of fused-ring (bicyclic) bond motifs is 1. The van der Waals surface area contributed by atoms with Gasteiger partial charge in [-0.25, -0.2) is 9.18 Å². The summed E-state index contributed by atoms with van der Waals surface area (Å²) in [6, 6.07) is 5.64. The zero-order chi connectivity index (χ0) is 19.9. The number of aromatic nitrogens is 1. The highest BCUT2D eigenvalue weighted by Gasteiger charge is 2.16. The Hall–Kier alpha value is -2.77. The van der Waals surface area contributed by atoms with Crippen LogP contribution in [0.1, 0.15) is 34.1 Å². The molecule has 1 aromatic carbocycles. The van der Waals surface area contributed by atoms with Crippen molar-refractivity contribution in [1.29, 1.82) is 0 Å². The Bertz CT molecular complexity index is 796. The van der Waals surface area contributed by atoms with Gasteiger partial charge in [0.05, 0.1) is 6.33 Å². The van der Waals surface area contributed by atoms with Gasteiger partial charge in [-0.1, -0.05) is 6.92 Å². The van der Waals surface area contributed by atoms with E-state index in [1.165, 1.54) is 0 Å². The third kappa shape index (κ3) is 6.80. The summed E-state index contributed by atoms with van der Waals surface area (Å²) in [7, 11) is 0. The predicted octanol–water partition coefficient (Wildman–Crippen LogP) is 4.41. The van der Waals surface area contributed by atoms with E-state index in [-0.39, 0.29) is 18.7 Å². The first-order valence-electron chi connectivity index (χ1n) is 8.83. The van der Waals surface area contributed by atoms with Crippen LogP contribution in [0.15, 0.2) is 34.5 Å². The minimum Gasteiger partial charge on any atom is -0.489 e. The summed E-state index contributed by atoms with van der Waals surface area (Å²) < 4.78 is 29.3. The molecular weight excluding hydrogens is 353 g/mol. The number of amides is 1. The van der Waals surface area contributed by atoms with E-state index in [1.54, 1.807) is 39.0 Å². The van der Waals surface area contributed by atoms with Crippen LogP contribution in [0, 0.1) is 0 Å². The van der Waals surface area contributed by atoms with Crippen LogP contribution < -0.4 is 15.4 Å². The Balaban J connectivity index is 1.89. The molecule has 1 heterocycles. The molecule has 0 radical (unpaired) electrons. The van der Waals surface area contributed by atoms with Gasteiger partial charge in [0.15, 0.2) is 5.58 Å². The Kier molecular flexibility index (Phi) is 7.04. The van der Waals surface area contributed by atoms with Crippen molar-refractivity contribution < 1.29 is 23.1 Å². The fraction of sp³-hybridized carbons (Fsp3) is 0.474. The molecule has 0 spiro atoms. The first-order valence-corrected chi connectivity index (χ1v) is 8.83. The molecule has 1 aromatic heterocycles. The van der Waals surface area contributed by atoms with Crippen molar-refractivity contribution in [2.75, 3.05) is 25.0 Å². The number of nitrogens with one attached hydrogen (secondary N) is 2. The molecule has 0 saturated carbocycles. The summed E-state index contributed by atoms with van der Waals surface area (Å²) in [5, 5.41) is 5.57. The van der Waals surface area contributed by atoms with Crippen molar-refractivity contribution in [3.8, 4) is 5.75 Å². The van der Waals surface area contributed by atoms with E-state index in [0.717, 1.165) is 13.0 Å². The molecule has 1 amide bonds. The number of ether oxygens (including phenoxy) is 2. The molecule has 148 valence electrons. The summed E-state index contributed by atoms with van der Waals surface area (Å²) in [6.07, 6.45) is 0.761. The first kappa shape index (κ1) is 20.5. The second kappa shape index (κ2) is 9.25. The lowest BCUT2D eigenvalue weighted by molar-refractivity contribution is 0.0531. The van der Waals surface area contributed by atoms with E-state index >= 15 is 0 Å². The zero-order valence-corrected chi connectivity index (χ0v) is 16.1. The van der Waals surface area contributed by atoms with E-state index < -0.39 is 11.7 Å². The molecule has 0 unspecified atom stereocenters. The van der Waals surface area contributed by atoms with Crippen LogP contribution in [0.25, 0.3) is 11.1 Å².